The Morgan fingerprint density at radius 3 is 0.778 bits per heavy atom. The predicted octanol–water partition coefficient (Wildman–Crippen LogP) is 14.8. The van der Waals surface area contributed by atoms with Gasteiger partial charge in [-0.3, -0.25) is 0 Å². The third kappa shape index (κ3) is 24.2. The Morgan fingerprint density at radius 1 is 0.370 bits per heavy atom. The lowest BCUT2D eigenvalue weighted by Gasteiger charge is -2.46. The SMILES string of the molecule is CCCCSC(CCSCC1CS1)C(C(CCSCC1CS1)SCCCC)C(C(CCSCC1CS1)SCCCC)C(CCSCC1CS1)SCCCC. The smallest absolute Gasteiger partial charge is 0.0229 e. The number of hydrogen-bond acceptors (Lipinski definition) is 12. The van der Waals surface area contributed by atoms with Crippen LogP contribution in [0.1, 0.15) is 105 Å². The van der Waals surface area contributed by atoms with E-state index < -0.39 is 0 Å². The van der Waals surface area contributed by atoms with Crippen molar-refractivity contribution >= 4 is 141 Å². The molecule has 4 heterocycles. The molecule has 0 N–H and O–H groups in total. The first-order valence-corrected chi connectivity index (χ1v) is 34.9. The van der Waals surface area contributed by atoms with Crippen molar-refractivity contribution in [1.82, 2.24) is 0 Å². The first kappa shape index (κ1) is 50.8. The van der Waals surface area contributed by atoms with Crippen LogP contribution in [0.4, 0.5) is 0 Å². The molecule has 0 radical (unpaired) electrons. The molecule has 4 saturated heterocycles. The van der Waals surface area contributed by atoms with Crippen molar-refractivity contribution in [3.63, 3.8) is 0 Å². The summed E-state index contributed by atoms with van der Waals surface area (Å²) in [7, 11) is 0. The van der Waals surface area contributed by atoms with E-state index in [0.717, 1.165) is 53.8 Å². The quantitative estimate of drug-likeness (QED) is 0.0423. The maximum atomic E-state index is 2.47. The molecular weight excluding hydrogens is 889 g/mol. The molecule has 0 spiro atoms. The second kappa shape index (κ2) is 32.8. The zero-order valence-corrected chi connectivity index (χ0v) is 44.3. The van der Waals surface area contributed by atoms with Gasteiger partial charge in [-0.2, -0.15) is 141 Å². The maximum absolute atomic E-state index is 2.47. The molecule has 8 unspecified atom stereocenters. The van der Waals surface area contributed by atoms with E-state index in [0.29, 0.717) is 0 Å². The van der Waals surface area contributed by atoms with Gasteiger partial charge in [0.1, 0.15) is 0 Å². The van der Waals surface area contributed by atoms with E-state index in [1.54, 1.807) is 0 Å². The largest absolute Gasteiger partial charge is 0.161 e. The number of unbranched alkanes of at least 4 members (excludes halogenated alkanes) is 4. The van der Waals surface area contributed by atoms with Crippen molar-refractivity contribution in [1.29, 1.82) is 0 Å². The van der Waals surface area contributed by atoms with Crippen molar-refractivity contribution in [2.75, 3.05) is 92.0 Å². The minimum atomic E-state index is 0.804. The van der Waals surface area contributed by atoms with E-state index in [1.165, 1.54) is 169 Å². The molecule has 4 aliphatic heterocycles. The molecule has 0 aromatic carbocycles. The fourth-order valence-electron chi connectivity index (χ4n) is 6.85. The minimum Gasteiger partial charge on any atom is -0.161 e. The number of rotatable bonds is 41. The Balaban J connectivity index is 1.70. The molecule has 12 heteroatoms. The van der Waals surface area contributed by atoms with Gasteiger partial charge >= 0.3 is 0 Å². The molecule has 0 aliphatic carbocycles. The van der Waals surface area contributed by atoms with E-state index in [9.17, 15) is 0 Å². The van der Waals surface area contributed by atoms with Gasteiger partial charge in [0.05, 0.1) is 0 Å². The van der Waals surface area contributed by atoms with Gasteiger partial charge in [0, 0.05) is 88.0 Å². The predicted molar refractivity (Wildman–Crippen MR) is 284 cm³/mol. The highest BCUT2D eigenvalue weighted by Gasteiger charge is 2.44. The average Bonchev–Trinajstić information content (AvgIpc) is 3.97. The summed E-state index contributed by atoms with van der Waals surface area (Å²) in [5.41, 5.74) is 0. The van der Waals surface area contributed by atoms with Crippen LogP contribution >= 0.6 is 141 Å². The summed E-state index contributed by atoms with van der Waals surface area (Å²) in [6.45, 7) is 9.70. The van der Waals surface area contributed by atoms with E-state index >= 15 is 0 Å². The molecule has 4 aliphatic rings. The summed E-state index contributed by atoms with van der Waals surface area (Å²) in [6, 6.07) is 0. The van der Waals surface area contributed by atoms with Crippen molar-refractivity contribution < 1.29 is 0 Å². The molecule has 54 heavy (non-hydrogen) atoms. The Labute approximate surface area is 387 Å². The van der Waals surface area contributed by atoms with Crippen LogP contribution in [0.2, 0.25) is 0 Å². The maximum Gasteiger partial charge on any atom is 0.0229 e. The summed E-state index contributed by atoms with van der Waals surface area (Å²) < 4.78 is 0. The van der Waals surface area contributed by atoms with E-state index in [-0.39, 0.29) is 0 Å². The van der Waals surface area contributed by atoms with Gasteiger partial charge < -0.3 is 0 Å². The highest BCUT2D eigenvalue weighted by Crippen LogP contribution is 2.49. The Hall–Kier alpha value is 4.20. The Bertz CT molecular complexity index is 745. The lowest BCUT2D eigenvalue weighted by molar-refractivity contribution is 0.285. The van der Waals surface area contributed by atoms with Crippen LogP contribution in [-0.2, 0) is 0 Å². The van der Waals surface area contributed by atoms with Gasteiger partial charge in [-0.1, -0.05) is 53.4 Å². The topological polar surface area (TPSA) is 0 Å². The first-order valence-electron chi connectivity index (χ1n) is 21.9. The highest BCUT2D eigenvalue weighted by molar-refractivity contribution is 8.10. The summed E-state index contributed by atoms with van der Waals surface area (Å²) in [4.78, 5) is 0. The molecule has 8 atom stereocenters. The Morgan fingerprint density at radius 2 is 0.593 bits per heavy atom. The van der Waals surface area contributed by atoms with Gasteiger partial charge in [-0.15, -0.1) is 0 Å². The fourth-order valence-corrected chi connectivity index (χ4v) is 22.4. The van der Waals surface area contributed by atoms with Crippen LogP contribution in [0, 0.1) is 11.8 Å². The molecule has 4 fully saturated rings. The second-order valence-corrected chi connectivity index (χ2v) is 30.8. The van der Waals surface area contributed by atoms with Crippen LogP contribution in [0.25, 0.3) is 0 Å². The zero-order valence-electron chi connectivity index (χ0n) is 34.5. The van der Waals surface area contributed by atoms with E-state index in [1.807, 2.05) is 0 Å². The fraction of sp³-hybridized carbons (Fsp3) is 1.00. The van der Waals surface area contributed by atoms with Crippen LogP contribution in [-0.4, -0.2) is 134 Å². The molecule has 0 nitrogen and oxygen atoms in total. The van der Waals surface area contributed by atoms with Crippen LogP contribution in [0.5, 0.6) is 0 Å². The molecule has 318 valence electrons. The summed E-state index contributed by atoms with van der Waals surface area (Å²) in [5, 5.41) is 7.05. The standard InChI is InChI=1S/C42H78S12/c1-5-9-17-47-37(13-21-43-25-33-29-51-33)41(38(48-18-10-6-2)14-22-44-26-34-30-52-34)42(39(49-19-11-7-3)15-23-45-27-35-31-53-35)40(50-20-12-8-4)16-24-46-28-36-32-54-36/h33-42H,5-32H2,1-4H3. The summed E-state index contributed by atoms with van der Waals surface area (Å²) in [5.74, 6) is 23.9. The minimum absolute atomic E-state index is 0.804. The second-order valence-electron chi connectivity index (χ2n) is 15.5. The lowest BCUT2D eigenvalue weighted by atomic mass is 9.78. The van der Waals surface area contributed by atoms with Crippen LogP contribution < -0.4 is 0 Å². The normalized spacial score (nSPS) is 24.9. The number of hydrogen-bond donors (Lipinski definition) is 0. The van der Waals surface area contributed by atoms with E-state index in [2.05, 4.69) is 169 Å². The summed E-state index contributed by atoms with van der Waals surface area (Å²) in [6.07, 6.45) is 16.7. The van der Waals surface area contributed by atoms with Gasteiger partial charge in [0.2, 0.25) is 0 Å². The van der Waals surface area contributed by atoms with Gasteiger partial charge in [0.15, 0.2) is 0 Å². The molecular formula is C42H78S12. The van der Waals surface area contributed by atoms with Crippen molar-refractivity contribution in [3.05, 3.63) is 0 Å². The van der Waals surface area contributed by atoms with E-state index in [4.69, 9.17) is 0 Å². The lowest BCUT2D eigenvalue weighted by Crippen LogP contribution is -2.46. The zero-order chi connectivity index (χ0) is 38.1. The van der Waals surface area contributed by atoms with Crippen LogP contribution in [0.3, 0.4) is 0 Å². The van der Waals surface area contributed by atoms with Crippen molar-refractivity contribution in [3.8, 4) is 0 Å². The summed E-state index contributed by atoms with van der Waals surface area (Å²) >= 11 is 28.0. The van der Waals surface area contributed by atoms with Gasteiger partial charge in [-0.05, 0) is 109 Å². The Kier molecular flexibility index (Phi) is 30.9. The third-order valence-corrected chi connectivity index (χ3v) is 25.9. The van der Waals surface area contributed by atoms with Gasteiger partial charge in [0.25, 0.3) is 0 Å². The van der Waals surface area contributed by atoms with Crippen molar-refractivity contribution in [2.24, 2.45) is 11.8 Å². The number of thioether (sulfide) groups is 12. The molecule has 0 aromatic rings. The molecule has 0 aromatic heterocycles. The first-order chi connectivity index (χ1) is 26.7. The van der Waals surface area contributed by atoms with Crippen molar-refractivity contribution in [2.45, 2.75) is 147 Å². The third-order valence-electron chi connectivity index (χ3n) is 10.5. The van der Waals surface area contributed by atoms with Crippen LogP contribution in [0.15, 0.2) is 0 Å². The molecule has 0 amide bonds. The van der Waals surface area contributed by atoms with Gasteiger partial charge in [-0.25, -0.2) is 0 Å². The molecule has 0 saturated carbocycles. The molecule has 0 bridgehead atoms. The average molecular weight is 968 g/mol. The monoisotopic (exact) mass is 966 g/mol. The highest BCUT2D eigenvalue weighted by atomic mass is 32.2. The molecule has 4 rings (SSSR count).